The fraction of sp³-hybridized carbons (Fsp3) is 0.385. The maximum absolute atomic E-state index is 4.21. The molecule has 2 N–H and O–H groups in total. The molecule has 0 unspecified atom stereocenters. The van der Waals surface area contributed by atoms with E-state index in [1.807, 2.05) is 30.2 Å². The van der Waals surface area contributed by atoms with E-state index in [9.17, 15) is 0 Å². The van der Waals surface area contributed by atoms with Crippen LogP contribution in [0.1, 0.15) is 19.0 Å². The molecule has 2 aromatic rings. The summed E-state index contributed by atoms with van der Waals surface area (Å²) in [4.78, 5) is 4.21. The summed E-state index contributed by atoms with van der Waals surface area (Å²) >= 11 is 0. The molecular formula is C13H19N5. The van der Waals surface area contributed by atoms with E-state index in [4.69, 9.17) is 0 Å². The summed E-state index contributed by atoms with van der Waals surface area (Å²) in [6, 6.07) is 4.07. The average molecular weight is 245 g/mol. The number of anilines is 2. The lowest BCUT2D eigenvalue weighted by molar-refractivity contribution is 0.720. The molecule has 0 aromatic carbocycles. The van der Waals surface area contributed by atoms with Crippen molar-refractivity contribution in [3.05, 3.63) is 36.4 Å². The Balaban J connectivity index is 1.95. The lowest BCUT2D eigenvalue weighted by Gasteiger charge is -2.09. The van der Waals surface area contributed by atoms with Crippen LogP contribution in [0.15, 0.2) is 30.7 Å². The highest BCUT2D eigenvalue weighted by Crippen LogP contribution is 2.13. The molecular weight excluding hydrogens is 226 g/mol. The smallest absolute Gasteiger partial charge is 0.0571 e. The van der Waals surface area contributed by atoms with Crippen LogP contribution in [0.2, 0.25) is 0 Å². The Hall–Kier alpha value is -2.04. The van der Waals surface area contributed by atoms with Crippen molar-refractivity contribution in [1.82, 2.24) is 14.8 Å². The minimum Gasteiger partial charge on any atom is -0.384 e. The Morgan fingerprint density at radius 2 is 2.00 bits per heavy atom. The molecule has 5 nitrogen and oxygen atoms in total. The number of nitrogens with one attached hydrogen (secondary N) is 2. The minimum absolute atomic E-state index is 0.745. The molecule has 0 fully saturated rings. The van der Waals surface area contributed by atoms with Gasteiger partial charge in [0, 0.05) is 19.8 Å². The molecule has 0 aliphatic carbocycles. The van der Waals surface area contributed by atoms with E-state index in [-0.39, 0.29) is 0 Å². The van der Waals surface area contributed by atoms with Gasteiger partial charge in [0.2, 0.25) is 0 Å². The highest BCUT2D eigenvalue weighted by molar-refractivity contribution is 5.53. The van der Waals surface area contributed by atoms with Crippen LogP contribution in [0.5, 0.6) is 0 Å². The first kappa shape index (κ1) is 12.4. The maximum atomic E-state index is 4.21. The molecule has 0 saturated heterocycles. The zero-order valence-electron chi connectivity index (χ0n) is 10.8. The first-order valence-electron chi connectivity index (χ1n) is 6.19. The van der Waals surface area contributed by atoms with E-state index < -0.39 is 0 Å². The van der Waals surface area contributed by atoms with Gasteiger partial charge in [0.25, 0.3) is 0 Å². The molecule has 18 heavy (non-hydrogen) atoms. The van der Waals surface area contributed by atoms with Crippen molar-refractivity contribution in [3.8, 4) is 0 Å². The van der Waals surface area contributed by atoms with Crippen LogP contribution in [0.4, 0.5) is 11.4 Å². The summed E-state index contributed by atoms with van der Waals surface area (Å²) in [6.07, 6.45) is 6.57. The summed E-state index contributed by atoms with van der Waals surface area (Å²) in [6.45, 7) is 3.85. The Morgan fingerprint density at radius 3 is 2.67 bits per heavy atom. The highest BCUT2D eigenvalue weighted by Gasteiger charge is 1.99. The summed E-state index contributed by atoms with van der Waals surface area (Å²) in [5.74, 6) is 0. The monoisotopic (exact) mass is 245 g/mol. The summed E-state index contributed by atoms with van der Waals surface area (Å²) in [5, 5.41) is 10.8. The van der Waals surface area contributed by atoms with Gasteiger partial charge in [-0.1, -0.05) is 6.92 Å². The first-order valence-corrected chi connectivity index (χ1v) is 6.19. The second kappa shape index (κ2) is 6.05. The molecule has 2 aromatic heterocycles. The molecule has 0 atom stereocenters. The second-order valence-corrected chi connectivity index (χ2v) is 4.19. The van der Waals surface area contributed by atoms with Gasteiger partial charge in [-0.3, -0.25) is 9.67 Å². The van der Waals surface area contributed by atoms with Gasteiger partial charge in [0.1, 0.15) is 0 Å². The topological polar surface area (TPSA) is 54.8 Å². The third-order valence-corrected chi connectivity index (χ3v) is 2.71. The molecule has 0 spiro atoms. The lowest BCUT2D eigenvalue weighted by atomic mass is 10.3. The fourth-order valence-electron chi connectivity index (χ4n) is 1.67. The molecule has 5 heteroatoms. The van der Waals surface area contributed by atoms with E-state index in [0.29, 0.717) is 0 Å². The molecule has 2 heterocycles. The Bertz CT molecular complexity index is 492. The number of hydrogen-bond donors (Lipinski definition) is 2. The fourth-order valence-corrected chi connectivity index (χ4v) is 1.67. The van der Waals surface area contributed by atoms with Crippen LogP contribution in [-0.4, -0.2) is 21.3 Å². The Labute approximate surface area is 107 Å². The van der Waals surface area contributed by atoms with Crippen LogP contribution in [-0.2, 0) is 13.6 Å². The largest absolute Gasteiger partial charge is 0.384 e. The van der Waals surface area contributed by atoms with E-state index >= 15 is 0 Å². The van der Waals surface area contributed by atoms with Crippen LogP contribution in [0.25, 0.3) is 0 Å². The van der Waals surface area contributed by atoms with Gasteiger partial charge in [-0.25, -0.2) is 0 Å². The van der Waals surface area contributed by atoms with Gasteiger partial charge in [-0.15, -0.1) is 0 Å². The molecule has 0 saturated carbocycles. The van der Waals surface area contributed by atoms with Crippen molar-refractivity contribution in [1.29, 1.82) is 0 Å². The number of aryl methyl sites for hydroxylation is 1. The highest BCUT2D eigenvalue weighted by atomic mass is 15.3. The number of hydrogen-bond acceptors (Lipinski definition) is 4. The SMILES string of the molecule is CCCNc1cncc(NCc2ccnn2C)c1. The van der Waals surface area contributed by atoms with Crippen molar-refractivity contribution >= 4 is 11.4 Å². The number of nitrogens with zero attached hydrogens (tertiary/aromatic N) is 3. The predicted molar refractivity (Wildman–Crippen MR) is 73.6 cm³/mol. The zero-order valence-corrected chi connectivity index (χ0v) is 10.8. The molecule has 0 aliphatic heterocycles. The van der Waals surface area contributed by atoms with Gasteiger partial charge in [0.15, 0.2) is 0 Å². The number of aromatic nitrogens is 3. The quantitative estimate of drug-likeness (QED) is 0.819. The van der Waals surface area contributed by atoms with Crippen molar-refractivity contribution in [3.63, 3.8) is 0 Å². The van der Waals surface area contributed by atoms with Gasteiger partial charge in [-0.05, 0) is 18.6 Å². The normalized spacial score (nSPS) is 10.3. The van der Waals surface area contributed by atoms with Crippen molar-refractivity contribution in [2.45, 2.75) is 19.9 Å². The lowest BCUT2D eigenvalue weighted by Crippen LogP contribution is -2.06. The summed E-state index contributed by atoms with van der Waals surface area (Å²) in [5.41, 5.74) is 3.20. The molecule has 0 bridgehead atoms. The zero-order chi connectivity index (χ0) is 12.8. The Kier molecular flexibility index (Phi) is 4.17. The molecule has 0 amide bonds. The van der Waals surface area contributed by atoms with Crippen molar-refractivity contribution in [2.75, 3.05) is 17.2 Å². The molecule has 0 radical (unpaired) electrons. The second-order valence-electron chi connectivity index (χ2n) is 4.19. The minimum atomic E-state index is 0.745. The van der Waals surface area contributed by atoms with E-state index in [2.05, 4.69) is 33.7 Å². The molecule has 2 rings (SSSR count). The van der Waals surface area contributed by atoms with Crippen LogP contribution >= 0.6 is 0 Å². The van der Waals surface area contributed by atoms with Gasteiger partial charge in [0.05, 0.1) is 36.0 Å². The van der Waals surface area contributed by atoms with E-state index in [1.54, 1.807) is 6.20 Å². The number of rotatable bonds is 6. The average Bonchev–Trinajstić information content (AvgIpc) is 2.80. The van der Waals surface area contributed by atoms with E-state index in [1.165, 1.54) is 0 Å². The van der Waals surface area contributed by atoms with Crippen molar-refractivity contribution in [2.24, 2.45) is 7.05 Å². The van der Waals surface area contributed by atoms with Crippen molar-refractivity contribution < 1.29 is 0 Å². The maximum Gasteiger partial charge on any atom is 0.0571 e. The summed E-state index contributed by atoms with van der Waals surface area (Å²) < 4.78 is 1.86. The third kappa shape index (κ3) is 3.23. The Morgan fingerprint density at radius 1 is 1.22 bits per heavy atom. The van der Waals surface area contributed by atoms with Crippen LogP contribution < -0.4 is 10.6 Å². The predicted octanol–water partition coefficient (Wildman–Crippen LogP) is 2.25. The van der Waals surface area contributed by atoms with Crippen LogP contribution in [0, 0.1) is 0 Å². The number of pyridine rings is 1. The summed E-state index contributed by atoms with van der Waals surface area (Å²) in [7, 11) is 1.94. The van der Waals surface area contributed by atoms with Gasteiger partial charge >= 0.3 is 0 Å². The van der Waals surface area contributed by atoms with Gasteiger partial charge < -0.3 is 10.6 Å². The van der Waals surface area contributed by atoms with Gasteiger partial charge in [-0.2, -0.15) is 5.10 Å². The van der Waals surface area contributed by atoms with E-state index in [0.717, 1.165) is 36.6 Å². The first-order chi connectivity index (χ1) is 8.79. The standard InChI is InChI=1S/C13H19N5/c1-3-5-15-11-7-12(9-14-8-11)16-10-13-4-6-17-18(13)2/h4,6-9,15-16H,3,5,10H2,1-2H3. The molecule has 96 valence electrons. The third-order valence-electron chi connectivity index (χ3n) is 2.71. The molecule has 0 aliphatic rings. The van der Waals surface area contributed by atoms with Crippen LogP contribution in [0.3, 0.4) is 0 Å².